The molecule has 0 unspecified atom stereocenters. The molecule has 0 aliphatic carbocycles. The van der Waals surface area contributed by atoms with Crippen LogP contribution in [0.1, 0.15) is 29.3 Å². The molecule has 5 heteroatoms. The van der Waals surface area contributed by atoms with Crippen LogP contribution in [0.2, 0.25) is 5.02 Å². The number of hydrogen-bond donors (Lipinski definition) is 1. The van der Waals surface area contributed by atoms with Crippen LogP contribution in [0, 0.1) is 0 Å². The van der Waals surface area contributed by atoms with Crippen molar-refractivity contribution in [2.45, 2.75) is 19.9 Å². The summed E-state index contributed by atoms with van der Waals surface area (Å²) in [5.74, 6) is -0.137. The van der Waals surface area contributed by atoms with Crippen molar-refractivity contribution in [1.82, 2.24) is 9.78 Å². The van der Waals surface area contributed by atoms with Crippen LogP contribution >= 0.6 is 11.6 Å². The van der Waals surface area contributed by atoms with E-state index < -0.39 is 0 Å². The minimum absolute atomic E-state index is 0.137. The average molecular weight is 264 g/mol. The fourth-order valence-corrected chi connectivity index (χ4v) is 1.98. The number of nitrogens with two attached hydrogens (primary N) is 1. The van der Waals surface area contributed by atoms with Gasteiger partial charge in [0.15, 0.2) is 5.78 Å². The van der Waals surface area contributed by atoms with Gasteiger partial charge in [-0.1, -0.05) is 18.5 Å². The predicted molar refractivity (Wildman–Crippen MR) is 71.8 cm³/mol. The van der Waals surface area contributed by atoms with Crippen LogP contribution in [0.3, 0.4) is 0 Å². The van der Waals surface area contributed by atoms with Crippen LogP contribution in [0.4, 0.5) is 5.69 Å². The Morgan fingerprint density at radius 3 is 2.94 bits per heavy atom. The molecule has 18 heavy (non-hydrogen) atoms. The van der Waals surface area contributed by atoms with Gasteiger partial charge in [0, 0.05) is 24.0 Å². The van der Waals surface area contributed by atoms with E-state index in [4.69, 9.17) is 17.3 Å². The molecule has 94 valence electrons. The number of benzene rings is 1. The molecule has 0 amide bonds. The van der Waals surface area contributed by atoms with Gasteiger partial charge in [0.05, 0.1) is 16.8 Å². The second-order valence-electron chi connectivity index (χ2n) is 4.06. The van der Waals surface area contributed by atoms with Gasteiger partial charge in [-0.05, 0) is 24.6 Å². The standard InChI is InChI=1S/C13H14ClN3O/c1-2-5-17-8-9(7-16-17)13(18)11-4-3-10(15)6-12(11)14/h3-4,6-8H,2,5,15H2,1H3. The molecule has 0 aliphatic rings. The molecule has 0 atom stereocenters. The van der Waals surface area contributed by atoms with Crippen LogP contribution in [-0.2, 0) is 6.54 Å². The van der Waals surface area contributed by atoms with Gasteiger partial charge < -0.3 is 5.73 Å². The molecule has 1 heterocycles. The van der Waals surface area contributed by atoms with Gasteiger partial charge in [0.1, 0.15) is 0 Å². The molecular weight excluding hydrogens is 250 g/mol. The van der Waals surface area contributed by atoms with Gasteiger partial charge >= 0.3 is 0 Å². The molecule has 0 spiro atoms. The number of nitrogens with zero attached hydrogens (tertiary/aromatic N) is 2. The first kappa shape index (κ1) is 12.6. The smallest absolute Gasteiger partial charge is 0.197 e. The molecule has 2 rings (SSSR count). The summed E-state index contributed by atoms with van der Waals surface area (Å²) in [7, 11) is 0. The highest BCUT2D eigenvalue weighted by atomic mass is 35.5. The largest absolute Gasteiger partial charge is 0.399 e. The predicted octanol–water partition coefficient (Wildman–Crippen LogP) is 2.76. The zero-order valence-corrected chi connectivity index (χ0v) is 10.8. The van der Waals surface area contributed by atoms with Gasteiger partial charge in [-0.15, -0.1) is 0 Å². The van der Waals surface area contributed by atoms with Crippen molar-refractivity contribution in [3.63, 3.8) is 0 Å². The van der Waals surface area contributed by atoms with E-state index in [9.17, 15) is 4.79 Å². The normalized spacial score (nSPS) is 10.6. The summed E-state index contributed by atoms with van der Waals surface area (Å²) in [5.41, 5.74) is 7.12. The third kappa shape index (κ3) is 2.54. The van der Waals surface area contributed by atoms with E-state index >= 15 is 0 Å². The quantitative estimate of drug-likeness (QED) is 0.682. The molecule has 1 aromatic heterocycles. The highest BCUT2D eigenvalue weighted by Crippen LogP contribution is 2.22. The SMILES string of the molecule is CCCn1cc(C(=O)c2ccc(N)cc2Cl)cn1. The van der Waals surface area contributed by atoms with Crippen molar-refractivity contribution in [2.24, 2.45) is 0 Å². The van der Waals surface area contributed by atoms with Crippen molar-refractivity contribution in [2.75, 3.05) is 5.73 Å². The number of ketones is 1. The van der Waals surface area contributed by atoms with Crippen LogP contribution in [0.5, 0.6) is 0 Å². The lowest BCUT2D eigenvalue weighted by Gasteiger charge is -2.02. The van der Waals surface area contributed by atoms with Crippen molar-refractivity contribution in [3.05, 3.63) is 46.7 Å². The number of halogens is 1. The summed E-state index contributed by atoms with van der Waals surface area (Å²) in [6.07, 6.45) is 4.27. The van der Waals surface area contributed by atoms with Gasteiger partial charge in [-0.3, -0.25) is 9.48 Å². The van der Waals surface area contributed by atoms with Gasteiger partial charge in [0.25, 0.3) is 0 Å². The number of nitrogen functional groups attached to an aromatic ring is 1. The minimum atomic E-state index is -0.137. The second kappa shape index (κ2) is 5.23. The molecular formula is C13H14ClN3O. The summed E-state index contributed by atoms with van der Waals surface area (Å²) < 4.78 is 1.75. The maximum absolute atomic E-state index is 12.2. The first-order valence-corrected chi connectivity index (χ1v) is 6.11. The number of anilines is 1. The summed E-state index contributed by atoms with van der Waals surface area (Å²) in [4.78, 5) is 12.2. The summed E-state index contributed by atoms with van der Waals surface area (Å²) in [6.45, 7) is 2.85. The number of carbonyl (C=O) groups excluding carboxylic acids is 1. The number of aryl methyl sites for hydroxylation is 1. The number of carbonyl (C=O) groups is 1. The Morgan fingerprint density at radius 1 is 1.50 bits per heavy atom. The fourth-order valence-electron chi connectivity index (χ4n) is 1.70. The average Bonchev–Trinajstić information content (AvgIpc) is 2.77. The molecule has 0 saturated heterocycles. The molecule has 0 bridgehead atoms. The van der Waals surface area contributed by atoms with Crippen molar-refractivity contribution >= 4 is 23.1 Å². The molecule has 2 N–H and O–H groups in total. The van der Waals surface area contributed by atoms with Crippen LogP contribution in [-0.4, -0.2) is 15.6 Å². The maximum Gasteiger partial charge on any atom is 0.197 e. The number of hydrogen-bond acceptors (Lipinski definition) is 3. The van der Waals surface area contributed by atoms with Crippen molar-refractivity contribution < 1.29 is 4.79 Å². The Labute approximate surface area is 110 Å². The van der Waals surface area contributed by atoms with E-state index in [1.165, 1.54) is 0 Å². The molecule has 1 aromatic carbocycles. The van der Waals surface area contributed by atoms with Crippen LogP contribution in [0.15, 0.2) is 30.6 Å². The van der Waals surface area contributed by atoms with Crippen LogP contribution < -0.4 is 5.73 Å². The van der Waals surface area contributed by atoms with E-state index in [-0.39, 0.29) is 5.78 Å². The van der Waals surface area contributed by atoms with E-state index in [2.05, 4.69) is 12.0 Å². The van der Waals surface area contributed by atoms with Gasteiger partial charge in [0.2, 0.25) is 0 Å². The fraction of sp³-hybridized carbons (Fsp3) is 0.231. The molecule has 0 radical (unpaired) electrons. The summed E-state index contributed by atoms with van der Waals surface area (Å²) in [5, 5.41) is 4.49. The number of rotatable bonds is 4. The molecule has 0 fully saturated rings. The van der Waals surface area contributed by atoms with E-state index in [1.54, 1.807) is 35.3 Å². The molecule has 2 aromatic rings. The molecule has 0 saturated carbocycles. The highest BCUT2D eigenvalue weighted by molar-refractivity contribution is 6.35. The monoisotopic (exact) mass is 263 g/mol. The lowest BCUT2D eigenvalue weighted by Crippen LogP contribution is -2.02. The zero-order chi connectivity index (χ0) is 13.1. The Kier molecular flexibility index (Phi) is 3.67. The van der Waals surface area contributed by atoms with E-state index in [1.807, 2.05) is 0 Å². The first-order valence-electron chi connectivity index (χ1n) is 5.74. The van der Waals surface area contributed by atoms with E-state index in [0.717, 1.165) is 13.0 Å². The van der Waals surface area contributed by atoms with E-state index in [0.29, 0.717) is 21.8 Å². The minimum Gasteiger partial charge on any atom is -0.399 e. The zero-order valence-electron chi connectivity index (χ0n) is 10.1. The Morgan fingerprint density at radius 2 is 2.28 bits per heavy atom. The van der Waals surface area contributed by atoms with Gasteiger partial charge in [-0.25, -0.2) is 0 Å². The Balaban J connectivity index is 2.29. The summed E-state index contributed by atoms with van der Waals surface area (Å²) in [6, 6.07) is 4.87. The van der Waals surface area contributed by atoms with Crippen molar-refractivity contribution in [1.29, 1.82) is 0 Å². The third-order valence-corrected chi connectivity index (χ3v) is 2.90. The molecule has 0 aliphatic heterocycles. The molecule has 4 nitrogen and oxygen atoms in total. The lowest BCUT2D eigenvalue weighted by molar-refractivity contribution is 0.103. The Bertz CT molecular complexity index is 577. The van der Waals surface area contributed by atoms with Gasteiger partial charge in [-0.2, -0.15) is 5.10 Å². The van der Waals surface area contributed by atoms with Crippen molar-refractivity contribution in [3.8, 4) is 0 Å². The topological polar surface area (TPSA) is 60.9 Å². The summed E-state index contributed by atoms with van der Waals surface area (Å²) >= 11 is 6.01. The Hall–Kier alpha value is -1.81. The van der Waals surface area contributed by atoms with Crippen LogP contribution in [0.25, 0.3) is 0 Å². The first-order chi connectivity index (χ1) is 8.61. The second-order valence-corrected chi connectivity index (χ2v) is 4.47. The lowest BCUT2D eigenvalue weighted by atomic mass is 10.1. The maximum atomic E-state index is 12.2. The third-order valence-electron chi connectivity index (χ3n) is 2.59. The highest BCUT2D eigenvalue weighted by Gasteiger charge is 2.14. The number of aromatic nitrogens is 2.